The van der Waals surface area contributed by atoms with Gasteiger partial charge in [-0.15, -0.1) is 0 Å². The Morgan fingerprint density at radius 1 is 1.17 bits per heavy atom. The number of nitro benzene ring substituents is 1. The zero-order valence-electron chi connectivity index (χ0n) is 16.9. The molecule has 0 aliphatic carbocycles. The van der Waals surface area contributed by atoms with Crippen LogP contribution >= 0.6 is 0 Å². The smallest absolute Gasteiger partial charge is 0.341 e. The van der Waals surface area contributed by atoms with Gasteiger partial charge < -0.3 is 20.1 Å². The standard InChI is InChI=1S/C21H25N3O6/c1-15(16-6-4-3-5-7-16)13-23-20(25)14-30-21(26)18-12-17(24(27)28)8-9-19(18)22-10-11-29-2/h3-9,12,15,22H,10-11,13-14H2,1-2H3,(H,23,25)/t15-/m1/s1. The number of carbonyl (C=O) groups is 2. The zero-order valence-corrected chi connectivity index (χ0v) is 16.9. The molecule has 0 fully saturated rings. The molecule has 0 heterocycles. The Bertz CT molecular complexity index is 872. The number of ether oxygens (including phenoxy) is 2. The quantitative estimate of drug-likeness (QED) is 0.251. The number of methoxy groups -OCH3 is 1. The third kappa shape index (κ3) is 6.85. The molecule has 0 aliphatic rings. The van der Waals surface area contributed by atoms with E-state index < -0.39 is 23.4 Å². The molecule has 2 aromatic rings. The summed E-state index contributed by atoms with van der Waals surface area (Å²) in [5.41, 5.74) is 1.17. The van der Waals surface area contributed by atoms with Crippen LogP contribution in [0.25, 0.3) is 0 Å². The number of anilines is 1. The van der Waals surface area contributed by atoms with Crippen molar-refractivity contribution in [3.05, 3.63) is 69.8 Å². The minimum Gasteiger partial charge on any atom is -0.452 e. The number of rotatable bonds is 11. The minimum atomic E-state index is -0.829. The molecule has 30 heavy (non-hydrogen) atoms. The number of nitro groups is 1. The molecule has 9 nitrogen and oxygen atoms in total. The lowest BCUT2D eigenvalue weighted by Crippen LogP contribution is -2.31. The first kappa shape index (κ1) is 22.8. The van der Waals surface area contributed by atoms with Gasteiger partial charge in [-0.05, 0) is 17.5 Å². The van der Waals surface area contributed by atoms with Gasteiger partial charge in [0.1, 0.15) is 0 Å². The molecule has 0 saturated carbocycles. The maximum absolute atomic E-state index is 12.4. The van der Waals surface area contributed by atoms with Crippen molar-refractivity contribution in [1.82, 2.24) is 5.32 Å². The summed E-state index contributed by atoms with van der Waals surface area (Å²) in [5, 5.41) is 16.7. The van der Waals surface area contributed by atoms with Crippen LogP contribution in [0.5, 0.6) is 0 Å². The molecule has 0 bridgehead atoms. The highest BCUT2D eigenvalue weighted by Crippen LogP contribution is 2.23. The largest absolute Gasteiger partial charge is 0.452 e. The maximum atomic E-state index is 12.4. The highest BCUT2D eigenvalue weighted by atomic mass is 16.6. The van der Waals surface area contributed by atoms with Gasteiger partial charge in [0, 0.05) is 38.0 Å². The molecule has 2 aromatic carbocycles. The van der Waals surface area contributed by atoms with E-state index in [0.29, 0.717) is 25.4 Å². The Balaban J connectivity index is 1.94. The van der Waals surface area contributed by atoms with E-state index in [-0.39, 0.29) is 17.2 Å². The second kappa shape index (κ2) is 11.5. The fraction of sp³-hybridized carbons (Fsp3) is 0.333. The molecular formula is C21H25N3O6. The number of esters is 1. The highest BCUT2D eigenvalue weighted by molar-refractivity contribution is 5.97. The van der Waals surface area contributed by atoms with Crippen molar-refractivity contribution in [2.75, 3.05) is 38.7 Å². The second-order valence-corrected chi connectivity index (χ2v) is 6.60. The van der Waals surface area contributed by atoms with Crippen LogP contribution in [0.15, 0.2) is 48.5 Å². The molecular weight excluding hydrogens is 390 g/mol. The summed E-state index contributed by atoms with van der Waals surface area (Å²) in [5.74, 6) is -1.19. The summed E-state index contributed by atoms with van der Waals surface area (Å²) >= 11 is 0. The molecule has 0 aromatic heterocycles. The Morgan fingerprint density at radius 3 is 2.57 bits per heavy atom. The monoisotopic (exact) mass is 415 g/mol. The topological polar surface area (TPSA) is 120 Å². The molecule has 9 heteroatoms. The van der Waals surface area contributed by atoms with Gasteiger partial charge in [-0.2, -0.15) is 0 Å². The Morgan fingerprint density at radius 2 is 1.90 bits per heavy atom. The molecule has 2 N–H and O–H groups in total. The van der Waals surface area contributed by atoms with Gasteiger partial charge in [0.05, 0.1) is 17.1 Å². The van der Waals surface area contributed by atoms with Crippen LogP contribution < -0.4 is 10.6 Å². The summed E-state index contributed by atoms with van der Waals surface area (Å²) in [6, 6.07) is 13.5. The number of nitrogens with one attached hydrogen (secondary N) is 2. The number of nitrogens with zero attached hydrogens (tertiary/aromatic N) is 1. The van der Waals surface area contributed by atoms with Gasteiger partial charge in [-0.3, -0.25) is 14.9 Å². The third-order valence-corrected chi connectivity index (χ3v) is 4.36. The molecule has 160 valence electrons. The lowest BCUT2D eigenvalue weighted by Gasteiger charge is -2.14. The van der Waals surface area contributed by atoms with Crippen LogP contribution in [0.2, 0.25) is 0 Å². The number of carbonyl (C=O) groups excluding carboxylic acids is 2. The van der Waals surface area contributed by atoms with Crippen molar-refractivity contribution >= 4 is 23.3 Å². The summed E-state index contributed by atoms with van der Waals surface area (Å²) in [4.78, 5) is 34.9. The van der Waals surface area contributed by atoms with Gasteiger partial charge >= 0.3 is 5.97 Å². The van der Waals surface area contributed by atoms with Gasteiger partial charge in [0.2, 0.25) is 0 Å². The Labute approximate surface area is 174 Å². The van der Waals surface area contributed by atoms with E-state index in [2.05, 4.69) is 10.6 Å². The van der Waals surface area contributed by atoms with E-state index in [4.69, 9.17) is 9.47 Å². The first-order valence-electron chi connectivity index (χ1n) is 9.42. The third-order valence-electron chi connectivity index (χ3n) is 4.36. The average molecular weight is 415 g/mol. The Hall–Kier alpha value is -3.46. The molecule has 1 atom stereocenters. The molecule has 0 saturated heterocycles. The molecule has 1 amide bonds. The van der Waals surface area contributed by atoms with Crippen LogP contribution in [0.4, 0.5) is 11.4 Å². The van der Waals surface area contributed by atoms with Crippen LogP contribution in [0, 0.1) is 10.1 Å². The van der Waals surface area contributed by atoms with Gasteiger partial charge in [0.15, 0.2) is 6.61 Å². The fourth-order valence-corrected chi connectivity index (χ4v) is 2.68. The summed E-state index contributed by atoms with van der Waals surface area (Å²) in [6.45, 7) is 2.66. The second-order valence-electron chi connectivity index (χ2n) is 6.60. The minimum absolute atomic E-state index is 0.0224. The van der Waals surface area contributed by atoms with Crippen molar-refractivity contribution in [3.63, 3.8) is 0 Å². The normalized spacial score (nSPS) is 11.4. The van der Waals surface area contributed by atoms with Crippen molar-refractivity contribution < 1.29 is 24.0 Å². The van der Waals surface area contributed by atoms with Crippen molar-refractivity contribution in [3.8, 4) is 0 Å². The van der Waals surface area contributed by atoms with E-state index >= 15 is 0 Å². The van der Waals surface area contributed by atoms with Gasteiger partial charge in [-0.25, -0.2) is 4.79 Å². The number of hydrogen-bond donors (Lipinski definition) is 2. The lowest BCUT2D eigenvalue weighted by atomic mass is 10.0. The Kier molecular flexibility index (Phi) is 8.76. The highest BCUT2D eigenvalue weighted by Gasteiger charge is 2.19. The van der Waals surface area contributed by atoms with Gasteiger partial charge in [-0.1, -0.05) is 37.3 Å². The van der Waals surface area contributed by atoms with Crippen LogP contribution in [-0.2, 0) is 14.3 Å². The lowest BCUT2D eigenvalue weighted by molar-refractivity contribution is -0.384. The first-order chi connectivity index (χ1) is 14.4. The van der Waals surface area contributed by atoms with E-state index in [1.165, 1.54) is 19.2 Å². The fourth-order valence-electron chi connectivity index (χ4n) is 2.68. The number of hydrogen-bond acceptors (Lipinski definition) is 7. The number of benzene rings is 2. The number of non-ortho nitro benzene ring substituents is 1. The van der Waals surface area contributed by atoms with Crippen molar-refractivity contribution in [2.24, 2.45) is 0 Å². The summed E-state index contributed by atoms with van der Waals surface area (Å²) in [7, 11) is 1.53. The van der Waals surface area contributed by atoms with E-state index in [0.717, 1.165) is 11.6 Å². The van der Waals surface area contributed by atoms with E-state index in [1.54, 1.807) is 0 Å². The number of amides is 1. The zero-order chi connectivity index (χ0) is 21.9. The molecule has 0 radical (unpaired) electrons. The van der Waals surface area contributed by atoms with E-state index in [1.807, 2.05) is 37.3 Å². The first-order valence-corrected chi connectivity index (χ1v) is 9.42. The predicted molar refractivity (Wildman–Crippen MR) is 112 cm³/mol. The average Bonchev–Trinajstić information content (AvgIpc) is 2.76. The summed E-state index contributed by atoms with van der Waals surface area (Å²) in [6.07, 6.45) is 0. The molecule has 0 aliphatic heterocycles. The van der Waals surface area contributed by atoms with Crippen LogP contribution in [-0.4, -0.2) is 50.2 Å². The van der Waals surface area contributed by atoms with Crippen molar-refractivity contribution in [1.29, 1.82) is 0 Å². The van der Waals surface area contributed by atoms with Crippen LogP contribution in [0.1, 0.15) is 28.8 Å². The van der Waals surface area contributed by atoms with Crippen molar-refractivity contribution in [2.45, 2.75) is 12.8 Å². The predicted octanol–water partition coefficient (Wildman–Crippen LogP) is 2.73. The molecule has 0 spiro atoms. The maximum Gasteiger partial charge on any atom is 0.341 e. The van der Waals surface area contributed by atoms with Crippen LogP contribution in [0.3, 0.4) is 0 Å². The SMILES string of the molecule is COCCNc1ccc([N+](=O)[O-])cc1C(=O)OCC(=O)NC[C@@H](C)c1ccccc1. The molecule has 2 rings (SSSR count). The van der Waals surface area contributed by atoms with Gasteiger partial charge in [0.25, 0.3) is 11.6 Å². The molecule has 0 unspecified atom stereocenters. The van der Waals surface area contributed by atoms with E-state index in [9.17, 15) is 19.7 Å². The summed E-state index contributed by atoms with van der Waals surface area (Å²) < 4.78 is 10.0.